The summed E-state index contributed by atoms with van der Waals surface area (Å²) in [5.41, 5.74) is 0. The molecule has 2 aromatic rings. The summed E-state index contributed by atoms with van der Waals surface area (Å²) >= 11 is 7.39. The molecule has 0 saturated carbocycles. The van der Waals surface area contributed by atoms with Crippen LogP contribution in [0.4, 0.5) is 0 Å². The second-order valence-corrected chi connectivity index (χ2v) is 7.59. The molecular weight excluding hydrogens is 317 g/mol. The molecule has 0 unspecified atom stereocenters. The predicted octanol–water partition coefficient (Wildman–Crippen LogP) is 3.17. The molecule has 0 bridgehead atoms. The molecule has 9 heteroatoms. The molecule has 0 N–H and O–H groups in total. The van der Waals surface area contributed by atoms with Gasteiger partial charge in [0.05, 0.1) is 9.90 Å². The van der Waals surface area contributed by atoms with Gasteiger partial charge in [0.1, 0.15) is 0 Å². The Hall–Kier alpha value is -0.630. The highest BCUT2D eigenvalue weighted by atomic mass is 35.7. The molecule has 0 amide bonds. The third kappa shape index (κ3) is 2.40. The van der Waals surface area contributed by atoms with E-state index in [1.807, 2.05) is 13.8 Å². The molecule has 2 heterocycles. The van der Waals surface area contributed by atoms with Crippen LogP contribution in [0.15, 0.2) is 16.6 Å². The van der Waals surface area contributed by atoms with E-state index in [-0.39, 0.29) is 11.2 Å². The minimum atomic E-state index is -3.94. The van der Waals surface area contributed by atoms with E-state index in [9.17, 15) is 8.42 Å². The van der Waals surface area contributed by atoms with Gasteiger partial charge in [0.2, 0.25) is 0 Å². The van der Waals surface area contributed by atoms with Crippen LogP contribution in [0.5, 0.6) is 0 Å². The Morgan fingerprint density at radius 1 is 1.39 bits per heavy atom. The first-order valence-corrected chi connectivity index (χ1v) is 8.52. The monoisotopic (exact) mass is 325 g/mol. The van der Waals surface area contributed by atoms with E-state index in [1.165, 1.54) is 15.9 Å². The fraction of sp³-hybridized carbons (Fsp3) is 0.333. The van der Waals surface area contributed by atoms with Crippen molar-refractivity contribution in [3.05, 3.63) is 16.5 Å². The molecule has 0 aliphatic carbocycles. The lowest BCUT2D eigenvalue weighted by Gasteiger charge is -2.11. The lowest BCUT2D eigenvalue weighted by Crippen LogP contribution is -2.09. The average molecular weight is 326 g/mol. The normalized spacial score (nSPS) is 12.3. The molecule has 18 heavy (non-hydrogen) atoms. The Kier molecular flexibility index (Phi) is 3.68. The Balaban J connectivity index is 2.72. The summed E-state index contributed by atoms with van der Waals surface area (Å²) < 4.78 is 24.3. The molecular formula is C9H9Cl2N3O2S2. The molecule has 0 radical (unpaired) electrons. The molecule has 0 aromatic carbocycles. The van der Waals surface area contributed by atoms with Crippen LogP contribution in [0.3, 0.4) is 0 Å². The summed E-state index contributed by atoms with van der Waals surface area (Å²) in [6.07, 6.45) is 0. The second kappa shape index (κ2) is 4.80. The van der Waals surface area contributed by atoms with Crippen molar-refractivity contribution in [3.63, 3.8) is 0 Å². The Bertz CT molecular complexity index is 676. The third-order valence-corrected chi connectivity index (χ3v) is 4.69. The first kappa shape index (κ1) is 13.8. The zero-order chi connectivity index (χ0) is 13.5. The maximum atomic E-state index is 11.4. The summed E-state index contributed by atoms with van der Waals surface area (Å²) in [5, 5.41) is 9.57. The summed E-state index contributed by atoms with van der Waals surface area (Å²) in [5.74, 6) is 0.407. The molecule has 5 nitrogen and oxygen atoms in total. The summed E-state index contributed by atoms with van der Waals surface area (Å²) in [7, 11) is 1.40. The number of halogens is 2. The van der Waals surface area contributed by atoms with Gasteiger partial charge in [-0.3, -0.25) is 4.57 Å². The van der Waals surface area contributed by atoms with Gasteiger partial charge in [-0.1, -0.05) is 11.6 Å². The predicted molar refractivity (Wildman–Crippen MR) is 71.8 cm³/mol. The van der Waals surface area contributed by atoms with E-state index >= 15 is 0 Å². The molecule has 98 valence electrons. The average Bonchev–Trinajstić information content (AvgIpc) is 2.80. The van der Waals surface area contributed by atoms with E-state index < -0.39 is 9.05 Å². The van der Waals surface area contributed by atoms with Crippen molar-refractivity contribution in [2.24, 2.45) is 0 Å². The van der Waals surface area contributed by atoms with Gasteiger partial charge in [-0.2, -0.15) is 0 Å². The van der Waals surface area contributed by atoms with Gasteiger partial charge in [0, 0.05) is 16.7 Å². The van der Waals surface area contributed by atoms with Crippen molar-refractivity contribution in [2.75, 3.05) is 0 Å². The summed E-state index contributed by atoms with van der Waals surface area (Å²) in [6, 6.07) is 1.56. The molecule has 0 atom stereocenters. The molecule has 2 aromatic heterocycles. The standard InChI is InChI=1S/C9H9Cl2N3O2S2/c1-5(2)14-8(7-6(10)3-4-17-7)12-13-9(14)18(11,15)16/h3-5H,1-2H3. The fourth-order valence-corrected chi connectivity index (χ4v) is 3.62. The largest absolute Gasteiger partial charge is 0.296 e. The van der Waals surface area contributed by atoms with E-state index in [0.717, 1.165) is 0 Å². The molecule has 0 aliphatic rings. The van der Waals surface area contributed by atoms with Crippen molar-refractivity contribution in [1.29, 1.82) is 0 Å². The maximum Gasteiger partial charge on any atom is 0.296 e. The number of thiophene rings is 1. The SMILES string of the molecule is CC(C)n1c(-c2sccc2Cl)nnc1S(=O)(=O)Cl. The van der Waals surface area contributed by atoms with Crippen LogP contribution in [-0.4, -0.2) is 23.2 Å². The minimum absolute atomic E-state index is 0.156. The van der Waals surface area contributed by atoms with Crippen LogP contribution in [0, 0.1) is 0 Å². The second-order valence-electron chi connectivity index (χ2n) is 3.81. The number of nitrogens with zero attached hydrogens (tertiary/aromatic N) is 3. The lowest BCUT2D eigenvalue weighted by atomic mass is 10.3. The van der Waals surface area contributed by atoms with Gasteiger partial charge in [0.15, 0.2) is 5.82 Å². The van der Waals surface area contributed by atoms with Crippen LogP contribution >= 0.6 is 33.6 Å². The molecule has 0 fully saturated rings. The molecule has 0 aliphatic heterocycles. The van der Waals surface area contributed by atoms with Crippen LogP contribution in [-0.2, 0) is 9.05 Å². The zero-order valence-electron chi connectivity index (χ0n) is 9.46. The Morgan fingerprint density at radius 2 is 2.06 bits per heavy atom. The van der Waals surface area contributed by atoms with E-state index in [4.69, 9.17) is 22.3 Å². The van der Waals surface area contributed by atoms with Gasteiger partial charge in [-0.25, -0.2) is 8.42 Å². The summed E-state index contributed by atoms with van der Waals surface area (Å²) in [4.78, 5) is 0.671. The highest BCUT2D eigenvalue weighted by Crippen LogP contribution is 2.34. The van der Waals surface area contributed by atoms with Crippen LogP contribution in [0.25, 0.3) is 10.7 Å². The van der Waals surface area contributed by atoms with Gasteiger partial charge in [-0.05, 0) is 25.3 Å². The fourth-order valence-electron chi connectivity index (χ4n) is 1.52. The summed E-state index contributed by atoms with van der Waals surface area (Å²) in [6.45, 7) is 3.64. The van der Waals surface area contributed by atoms with E-state index in [1.54, 1.807) is 11.4 Å². The first-order valence-electron chi connectivity index (χ1n) is 4.95. The van der Waals surface area contributed by atoms with E-state index in [2.05, 4.69) is 10.2 Å². The van der Waals surface area contributed by atoms with E-state index in [0.29, 0.717) is 15.7 Å². The van der Waals surface area contributed by atoms with Crippen molar-refractivity contribution < 1.29 is 8.42 Å². The number of aromatic nitrogens is 3. The van der Waals surface area contributed by atoms with Gasteiger partial charge in [-0.15, -0.1) is 21.5 Å². The van der Waals surface area contributed by atoms with Crippen molar-refractivity contribution in [2.45, 2.75) is 25.0 Å². The lowest BCUT2D eigenvalue weighted by molar-refractivity contribution is 0.531. The van der Waals surface area contributed by atoms with Crippen molar-refractivity contribution in [1.82, 2.24) is 14.8 Å². The van der Waals surface area contributed by atoms with Crippen molar-refractivity contribution >= 4 is 42.7 Å². The van der Waals surface area contributed by atoms with Gasteiger partial charge >= 0.3 is 0 Å². The first-order chi connectivity index (χ1) is 8.32. The topological polar surface area (TPSA) is 64.8 Å². The quantitative estimate of drug-likeness (QED) is 0.813. The van der Waals surface area contributed by atoms with Crippen LogP contribution in [0.1, 0.15) is 19.9 Å². The van der Waals surface area contributed by atoms with Crippen molar-refractivity contribution in [3.8, 4) is 10.7 Å². The van der Waals surface area contributed by atoms with Gasteiger partial charge < -0.3 is 0 Å². The molecule has 0 saturated heterocycles. The Morgan fingerprint density at radius 3 is 2.50 bits per heavy atom. The highest BCUT2D eigenvalue weighted by molar-refractivity contribution is 8.13. The highest BCUT2D eigenvalue weighted by Gasteiger charge is 2.26. The maximum absolute atomic E-state index is 11.4. The number of hydrogen-bond acceptors (Lipinski definition) is 5. The van der Waals surface area contributed by atoms with Crippen LogP contribution in [0.2, 0.25) is 5.02 Å². The number of rotatable bonds is 3. The minimum Gasteiger partial charge on any atom is -0.294 e. The third-order valence-electron chi connectivity index (χ3n) is 2.22. The van der Waals surface area contributed by atoms with Gasteiger partial charge in [0.25, 0.3) is 14.2 Å². The number of hydrogen-bond donors (Lipinski definition) is 0. The smallest absolute Gasteiger partial charge is 0.294 e. The van der Waals surface area contributed by atoms with Crippen LogP contribution < -0.4 is 0 Å². The molecule has 0 spiro atoms. The molecule has 2 rings (SSSR count). The Labute approximate surface area is 118 Å². The zero-order valence-corrected chi connectivity index (χ0v) is 12.6.